The maximum atomic E-state index is 12.9. The molecule has 0 aliphatic carbocycles. The molecular weight excluding hydrogens is 286 g/mol. The molecule has 1 aromatic carbocycles. The molecule has 0 bridgehead atoms. The van der Waals surface area contributed by atoms with Gasteiger partial charge in [-0.15, -0.1) is 0 Å². The molecule has 0 radical (unpaired) electrons. The second kappa shape index (κ2) is 7.73. The van der Waals surface area contributed by atoms with Crippen molar-refractivity contribution in [1.29, 1.82) is 0 Å². The third kappa shape index (κ3) is 3.81. The Labute approximate surface area is 138 Å². The van der Waals surface area contributed by atoms with Crippen LogP contribution >= 0.6 is 0 Å². The van der Waals surface area contributed by atoms with Crippen molar-refractivity contribution in [3.05, 3.63) is 40.4 Å². The van der Waals surface area contributed by atoms with Crippen LogP contribution in [0.2, 0.25) is 0 Å². The van der Waals surface area contributed by atoms with Crippen molar-refractivity contribution in [2.75, 3.05) is 19.6 Å². The van der Waals surface area contributed by atoms with Gasteiger partial charge in [0.1, 0.15) is 5.82 Å². The van der Waals surface area contributed by atoms with Crippen LogP contribution in [0, 0.1) is 0 Å². The lowest BCUT2D eigenvalue weighted by molar-refractivity contribution is 0.219. The number of likely N-dealkylation sites (tertiary alicyclic amines) is 1. The average Bonchev–Trinajstić information content (AvgIpc) is 2.60. The van der Waals surface area contributed by atoms with Crippen LogP contribution in [-0.2, 0) is 13.0 Å². The number of unbranched alkanes of at least 4 members (excludes halogenated alkanes) is 1. The monoisotopic (exact) mass is 313 g/mol. The Morgan fingerprint density at radius 2 is 1.87 bits per heavy atom. The van der Waals surface area contributed by atoms with Crippen LogP contribution in [0.5, 0.6) is 0 Å². The number of para-hydroxylation sites is 1. The number of rotatable bonds is 6. The number of hydrogen-bond acceptors (Lipinski definition) is 3. The van der Waals surface area contributed by atoms with Crippen molar-refractivity contribution in [3.63, 3.8) is 0 Å². The highest BCUT2D eigenvalue weighted by Crippen LogP contribution is 2.12. The van der Waals surface area contributed by atoms with E-state index in [4.69, 9.17) is 4.98 Å². The molecule has 1 aliphatic rings. The van der Waals surface area contributed by atoms with Gasteiger partial charge < -0.3 is 4.90 Å². The molecular formula is C19H27N3O. The summed E-state index contributed by atoms with van der Waals surface area (Å²) in [5.41, 5.74) is 0.955. The molecule has 0 N–H and O–H groups in total. The molecule has 0 saturated carbocycles. The molecule has 1 aliphatic heterocycles. The Bertz CT molecular complexity index is 701. The predicted octanol–water partition coefficient (Wildman–Crippen LogP) is 3.23. The van der Waals surface area contributed by atoms with Gasteiger partial charge in [-0.2, -0.15) is 0 Å². The van der Waals surface area contributed by atoms with Gasteiger partial charge in [-0.05, 0) is 44.5 Å². The Hall–Kier alpha value is -1.68. The third-order valence-corrected chi connectivity index (χ3v) is 4.78. The number of piperidine rings is 1. The molecule has 2 aromatic rings. The first-order valence-electron chi connectivity index (χ1n) is 9.00. The normalized spacial score (nSPS) is 16.0. The summed E-state index contributed by atoms with van der Waals surface area (Å²) in [6.07, 6.45) is 7.00. The van der Waals surface area contributed by atoms with Gasteiger partial charge >= 0.3 is 0 Å². The number of hydrogen-bond donors (Lipinski definition) is 0. The van der Waals surface area contributed by atoms with Gasteiger partial charge in [-0.25, -0.2) is 4.98 Å². The first-order valence-corrected chi connectivity index (χ1v) is 9.00. The van der Waals surface area contributed by atoms with Crippen LogP contribution in [0.3, 0.4) is 0 Å². The third-order valence-electron chi connectivity index (χ3n) is 4.78. The van der Waals surface area contributed by atoms with Gasteiger partial charge in [0.2, 0.25) is 0 Å². The van der Waals surface area contributed by atoms with Gasteiger partial charge in [0, 0.05) is 19.5 Å². The Balaban J connectivity index is 1.88. The first-order chi connectivity index (χ1) is 11.3. The van der Waals surface area contributed by atoms with E-state index in [1.807, 2.05) is 28.8 Å². The van der Waals surface area contributed by atoms with Gasteiger partial charge in [0.15, 0.2) is 0 Å². The van der Waals surface area contributed by atoms with Crippen LogP contribution < -0.4 is 5.56 Å². The summed E-state index contributed by atoms with van der Waals surface area (Å²) in [6.45, 7) is 6.23. The quantitative estimate of drug-likeness (QED) is 0.822. The van der Waals surface area contributed by atoms with E-state index in [2.05, 4.69) is 11.8 Å². The zero-order valence-corrected chi connectivity index (χ0v) is 14.1. The summed E-state index contributed by atoms with van der Waals surface area (Å²) in [6, 6.07) is 7.72. The molecule has 0 spiro atoms. The van der Waals surface area contributed by atoms with Crippen molar-refractivity contribution >= 4 is 10.9 Å². The molecule has 1 aromatic heterocycles. The van der Waals surface area contributed by atoms with Gasteiger partial charge in [-0.1, -0.05) is 31.9 Å². The van der Waals surface area contributed by atoms with Crippen LogP contribution in [-0.4, -0.2) is 34.1 Å². The first kappa shape index (κ1) is 16.2. The second-order valence-electron chi connectivity index (χ2n) is 6.51. The molecule has 0 unspecified atom stereocenters. The summed E-state index contributed by atoms with van der Waals surface area (Å²) in [5.74, 6) is 0.951. The number of aromatic nitrogens is 2. The number of aryl methyl sites for hydroxylation is 1. The van der Waals surface area contributed by atoms with E-state index < -0.39 is 0 Å². The van der Waals surface area contributed by atoms with Crippen molar-refractivity contribution in [3.8, 4) is 0 Å². The minimum atomic E-state index is 0.124. The van der Waals surface area contributed by atoms with E-state index in [1.165, 1.54) is 32.4 Å². The lowest BCUT2D eigenvalue weighted by Gasteiger charge is -2.27. The summed E-state index contributed by atoms with van der Waals surface area (Å²) < 4.78 is 1.92. The second-order valence-corrected chi connectivity index (χ2v) is 6.51. The maximum Gasteiger partial charge on any atom is 0.261 e. The Morgan fingerprint density at radius 3 is 2.65 bits per heavy atom. The zero-order valence-electron chi connectivity index (χ0n) is 14.1. The van der Waals surface area contributed by atoms with Crippen molar-refractivity contribution in [1.82, 2.24) is 14.5 Å². The number of benzene rings is 1. The van der Waals surface area contributed by atoms with E-state index in [-0.39, 0.29) is 5.56 Å². The minimum absolute atomic E-state index is 0.124. The standard InChI is InChI=1S/C19H27N3O/c1-2-3-11-18-20-17-10-6-5-9-16(17)19(23)22(18)15-14-21-12-7-4-8-13-21/h5-6,9-10H,2-4,7-8,11-15H2,1H3. The Kier molecular flexibility index (Phi) is 5.44. The smallest absolute Gasteiger partial charge is 0.261 e. The van der Waals surface area contributed by atoms with Crippen LogP contribution in [0.4, 0.5) is 0 Å². The van der Waals surface area contributed by atoms with E-state index in [0.717, 1.165) is 49.1 Å². The van der Waals surface area contributed by atoms with Crippen molar-refractivity contribution < 1.29 is 0 Å². The number of nitrogens with zero attached hydrogens (tertiary/aromatic N) is 3. The molecule has 4 nitrogen and oxygen atoms in total. The predicted molar refractivity (Wildman–Crippen MR) is 94.9 cm³/mol. The lowest BCUT2D eigenvalue weighted by atomic mass is 10.1. The molecule has 1 fully saturated rings. The fraction of sp³-hybridized carbons (Fsp3) is 0.579. The summed E-state index contributed by atoms with van der Waals surface area (Å²) in [4.78, 5) is 20.2. The van der Waals surface area contributed by atoms with E-state index in [9.17, 15) is 4.79 Å². The van der Waals surface area contributed by atoms with Gasteiger partial charge in [-0.3, -0.25) is 9.36 Å². The van der Waals surface area contributed by atoms with Crippen LogP contribution in [0.1, 0.15) is 44.9 Å². The molecule has 23 heavy (non-hydrogen) atoms. The fourth-order valence-corrected chi connectivity index (χ4v) is 3.39. The molecule has 2 heterocycles. The maximum absolute atomic E-state index is 12.9. The van der Waals surface area contributed by atoms with Gasteiger partial charge in [0.25, 0.3) is 5.56 Å². The SMILES string of the molecule is CCCCc1nc2ccccc2c(=O)n1CCN1CCCCC1. The van der Waals surface area contributed by atoms with Crippen LogP contribution in [0.25, 0.3) is 10.9 Å². The Morgan fingerprint density at radius 1 is 1.09 bits per heavy atom. The summed E-state index contributed by atoms with van der Waals surface area (Å²) >= 11 is 0. The molecule has 0 atom stereocenters. The fourth-order valence-electron chi connectivity index (χ4n) is 3.39. The van der Waals surface area contributed by atoms with Crippen molar-refractivity contribution in [2.24, 2.45) is 0 Å². The molecule has 3 rings (SSSR count). The van der Waals surface area contributed by atoms with Crippen molar-refractivity contribution in [2.45, 2.75) is 52.0 Å². The van der Waals surface area contributed by atoms with E-state index in [1.54, 1.807) is 0 Å². The lowest BCUT2D eigenvalue weighted by Crippen LogP contribution is -2.36. The minimum Gasteiger partial charge on any atom is -0.302 e. The number of fused-ring (bicyclic) bond motifs is 1. The summed E-state index contributed by atoms with van der Waals surface area (Å²) in [5, 5.41) is 0.742. The molecule has 0 amide bonds. The molecule has 4 heteroatoms. The summed E-state index contributed by atoms with van der Waals surface area (Å²) in [7, 11) is 0. The molecule has 1 saturated heterocycles. The average molecular weight is 313 g/mol. The molecule has 124 valence electrons. The zero-order chi connectivity index (χ0) is 16.1. The van der Waals surface area contributed by atoms with Crippen LogP contribution in [0.15, 0.2) is 29.1 Å². The topological polar surface area (TPSA) is 38.1 Å². The highest BCUT2D eigenvalue weighted by atomic mass is 16.1. The highest BCUT2D eigenvalue weighted by molar-refractivity contribution is 5.77. The van der Waals surface area contributed by atoms with E-state index in [0.29, 0.717) is 0 Å². The van der Waals surface area contributed by atoms with E-state index >= 15 is 0 Å². The highest BCUT2D eigenvalue weighted by Gasteiger charge is 2.14. The van der Waals surface area contributed by atoms with Gasteiger partial charge in [0.05, 0.1) is 10.9 Å². The largest absolute Gasteiger partial charge is 0.302 e.